The molecule has 0 aliphatic heterocycles. The number of quaternary nitrogens is 1. The van der Waals surface area contributed by atoms with E-state index in [1.54, 1.807) is 6.08 Å². The van der Waals surface area contributed by atoms with Crippen LogP contribution in [0.4, 0.5) is 0 Å². The molecule has 0 radical (unpaired) electrons. The summed E-state index contributed by atoms with van der Waals surface area (Å²) in [5.41, 5.74) is 0. The van der Waals surface area contributed by atoms with Gasteiger partial charge in [0.2, 0.25) is 0 Å². The lowest BCUT2D eigenvalue weighted by molar-refractivity contribution is -0.870. The van der Waals surface area contributed by atoms with Crippen LogP contribution < -0.4 is 0 Å². The fourth-order valence-electron chi connectivity index (χ4n) is 5.92. The minimum atomic E-state index is -4.41. The van der Waals surface area contributed by atoms with Crippen molar-refractivity contribution < 1.29 is 47.2 Å². The number of hydrogen-bond acceptors (Lipinski definition) is 8. The number of esters is 2. The maximum Gasteiger partial charge on any atom is 0.472 e. The van der Waals surface area contributed by atoms with Crippen LogP contribution in [0, 0.1) is 0 Å². The van der Waals surface area contributed by atoms with E-state index in [1.165, 1.54) is 57.8 Å². The number of carbonyl (C=O) groups excluding carboxylic acids is 2. The summed E-state index contributed by atoms with van der Waals surface area (Å²) in [5.74, 6) is -0.939. The predicted octanol–water partition coefficient (Wildman–Crippen LogP) is 13.1. The fourth-order valence-corrected chi connectivity index (χ4v) is 6.66. The predicted molar refractivity (Wildman–Crippen MR) is 262 cm³/mol. The van der Waals surface area contributed by atoms with Gasteiger partial charge in [-0.3, -0.25) is 18.6 Å². The lowest BCUT2D eigenvalue weighted by atomic mass is 10.1. The van der Waals surface area contributed by atoms with Crippen LogP contribution in [0.3, 0.4) is 0 Å². The Labute approximate surface area is 384 Å². The summed E-state index contributed by atoms with van der Waals surface area (Å²) in [7, 11) is 1.39. The first kappa shape index (κ1) is 59.9. The lowest BCUT2D eigenvalue weighted by Crippen LogP contribution is -2.37. The summed E-state index contributed by atoms with van der Waals surface area (Å²) in [5, 5.41) is 10.0. The highest BCUT2D eigenvalue weighted by molar-refractivity contribution is 7.47. The third-order valence-corrected chi connectivity index (χ3v) is 10.7. The smallest absolute Gasteiger partial charge is 0.462 e. The number of phosphoric acid groups is 1. The van der Waals surface area contributed by atoms with Gasteiger partial charge in [0, 0.05) is 12.8 Å². The molecule has 0 saturated heterocycles. The van der Waals surface area contributed by atoms with Gasteiger partial charge in [0.25, 0.3) is 0 Å². The van der Waals surface area contributed by atoms with Crippen molar-refractivity contribution in [2.24, 2.45) is 0 Å². The van der Waals surface area contributed by atoms with Crippen LogP contribution in [0.25, 0.3) is 0 Å². The monoisotopic (exact) mass is 903 g/mol. The number of unbranched alkanes of at least 4 members (excludes halogenated alkanes) is 12. The van der Waals surface area contributed by atoms with Crippen LogP contribution >= 0.6 is 7.82 Å². The zero-order valence-electron chi connectivity index (χ0n) is 40.1. The van der Waals surface area contributed by atoms with E-state index in [-0.39, 0.29) is 26.1 Å². The Hall–Kier alpha value is -3.11. The van der Waals surface area contributed by atoms with Crippen LogP contribution in [-0.4, -0.2) is 86.1 Å². The minimum absolute atomic E-state index is 0.00599. The molecule has 360 valence electrons. The van der Waals surface area contributed by atoms with Gasteiger partial charge < -0.3 is 24.0 Å². The summed E-state index contributed by atoms with van der Waals surface area (Å²) < 4.78 is 34.3. The van der Waals surface area contributed by atoms with Crippen molar-refractivity contribution in [3.05, 3.63) is 97.2 Å². The summed E-state index contributed by atoms with van der Waals surface area (Å²) in [6.45, 7) is 4.10. The first-order valence-corrected chi connectivity index (χ1v) is 25.6. The molecule has 2 N–H and O–H groups in total. The van der Waals surface area contributed by atoms with E-state index < -0.39 is 38.6 Å². The number of ether oxygens (including phenoxy) is 2. The number of rotatable bonds is 42. The number of aliphatic hydroxyl groups excluding tert-OH is 1. The molecule has 0 fully saturated rings. The van der Waals surface area contributed by atoms with Gasteiger partial charge in [0.15, 0.2) is 6.10 Å². The second-order valence-electron chi connectivity index (χ2n) is 17.0. The van der Waals surface area contributed by atoms with E-state index in [9.17, 15) is 24.2 Å². The third-order valence-electron chi connectivity index (χ3n) is 9.69. The number of phosphoric ester groups is 1. The Morgan fingerprint density at radius 2 is 1.13 bits per heavy atom. The quantitative estimate of drug-likeness (QED) is 0.0154. The van der Waals surface area contributed by atoms with E-state index >= 15 is 0 Å². The number of hydrogen-bond donors (Lipinski definition) is 2. The van der Waals surface area contributed by atoms with E-state index in [2.05, 4.69) is 62.5 Å². The van der Waals surface area contributed by atoms with Crippen molar-refractivity contribution in [1.29, 1.82) is 0 Å². The van der Waals surface area contributed by atoms with E-state index in [0.29, 0.717) is 30.3 Å². The molecule has 0 aromatic heterocycles. The van der Waals surface area contributed by atoms with Gasteiger partial charge >= 0.3 is 19.8 Å². The Balaban J connectivity index is 4.49. The molecular formula is C52H89NO9P+. The molecule has 0 aromatic carbocycles. The highest BCUT2D eigenvalue weighted by atomic mass is 31.2. The maximum atomic E-state index is 12.7. The molecule has 0 saturated carbocycles. The van der Waals surface area contributed by atoms with Gasteiger partial charge in [0.05, 0.1) is 33.9 Å². The first-order valence-electron chi connectivity index (χ1n) is 24.1. The molecule has 11 heteroatoms. The van der Waals surface area contributed by atoms with Gasteiger partial charge in [-0.2, -0.15) is 0 Å². The summed E-state index contributed by atoms with van der Waals surface area (Å²) >= 11 is 0. The second-order valence-corrected chi connectivity index (χ2v) is 18.4. The van der Waals surface area contributed by atoms with Crippen molar-refractivity contribution in [1.82, 2.24) is 0 Å². The normalized spacial score (nSPS) is 14.8. The molecule has 0 amide bonds. The zero-order chi connectivity index (χ0) is 46.5. The highest BCUT2D eigenvalue weighted by Crippen LogP contribution is 2.43. The second kappa shape index (κ2) is 42.8. The average molecular weight is 903 g/mol. The summed E-state index contributed by atoms with van der Waals surface area (Å²) in [6, 6.07) is 0. The van der Waals surface area contributed by atoms with Crippen molar-refractivity contribution in [2.45, 2.75) is 174 Å². The molecule has 0 aliphatic carbocycles. The molecule has 10 nitrogen and oxygen atoms in total. The van der Waals surface area contributed by atoms with Crippen molar-refractivity contribution in [2.75, 3.05) is 47.5 Å². The van der Waals surface area contributed by atoms with Crippen LogP contribution in [-0.2, 0) is 32.7 Å². The van der Waals surface area contributed by atoms with Gasteiger partial charge in [-0.05, 0) is 77.0 Å². The number of aliphatic hydroxyl groups is 1. The largest absolute Gasteiger partial charge is 0.472 e. The van der Waals surface area contributed by atoms with Crippen molar-refractivity contribution >= 4 is 19.8 Å². The van der Waals surface area contributed by atoms with Crippen LogP contribution in [0.1, 0.15) is 162 Å². The van der Waals surface area contributed by atoms with Gasteiger partial charge in [-0.15, -0.1) is 0 Å². The summed E-state index contributed by atoms with van der Waals surface area (Å²) in [4.78, 5) is 35.5. The van der Waals surface area contributed by atoms with E-state index in [1.807, 2.05) is 63.7 Å². The highest BCUT2D eigenvalue weighted by Gasteiger charge is 2.27. The molecule has 0 bridgehead atoms. The Bertz CT molecular complexity index is 1410. The van der Waals surface area contributed by atoms with Crippen molar-refractivity contribution in [3.8, 4) is 0 Å². The molecule has 0 rings (SSSR count). The number of nitrogens with zero attached hydrogens (tertiary/aromatic N) is 1. The van der Waals surface area contributed by atoms with Crippen LogP contribution in [0.15, 0.2) is 97.2 Å². The first-order chi connectivity index (χ1) is 30.4. The Morgan fingerprint density at radius 1 is 0.587 bits per heavy atom. The van der Waals surface area contributed by atoms with Gasteiger partial charge in [0.1, 0.15) is 19.8 Å². The SMILES string of the molecule is CC/C=C\C/C=C\CC(O)/C=C/C=C\C/C=C\C/C=C\CCC(=O)OC[C@H](COP(=O)(O)OCC[N+](C)(C)C)OC(=O)CCCCCCCCCCC/C=C\C/C=C\CCCCC. The van der Waals surface area contributed by atoms with Crippen molar-refractivity contribution in [3.63, 3.8) is 0 Å². The van der Waals surface area contributed by atoms with E-state index in [4.69, 9.17) is 18.5 Å². The van der Waals surface area contributed by atoms with Crippen LogP contribution in [0.2, 0.25) is 0 Å². The molecule has 0 heterocycles. The topological polar surface area (TPSA) is 129 Å². The molecule has 63 heavy (non-hydrogen) atoms. The summed E-state index contributed by atoms with van der Waals surface area (Å²) in [6.07, 6.45) is 53.5. The Morgan fingerprint density at radius 3 is 1.75 bits per heavy atom. The standard InChI is InChI=1S/C52H88NO9P/c1-6-8-10-12-14-15-16-17-18-19-20-21-22-23-24-29-32-36-40-44-52(56)62-50(48-61-63(57,58)60-46-45-53(3,4)5)47-59-51(55)43-39-35-31-28-26-25-27-30-34-38-42-49(54)41-37-33-13-11-9-7-2/h9,11,14-15,17-18,25-26,30-31,33-35,37-38,42,49-50,54H,6-8,10,12-13,16,19-24,27-29,32,36,39-41,43-48H2,1-5H3/p+1/b11-9-,15-14-,18-17-,26-25-,34-30-,35-31-,37-33-,42-38+/t49?,50-/m1/s1. The van der Waals surface area contributed by atoms with Gasteiger partial charge in [-0.1, -0.05) is 169 Å². The average Bonchev–Trinajstić information content (AvgIpc) is 3.23. The molecule has 2 unspecified atom stereocenters. The van der Waals surface area contributed by atoms with Gasteiger partial charge in [-0.25, -0.2) is 4.57 Å². The minimum Gasteiger partial charge on any atom is -0.462 e. The zero-order valence-corrected chi connectivity index (χ0v) is 41.0. The molecule has 0 spiro atoms. The number of allylic oxidation sites excluding steroid dienone is 14. The fraction of sp³-hybridized carbons (Fsp3) is 0.654. The Kier molecular flexibility index (Phi) is 40.7. The third kappa shape index (κ3) is 46.7. The maximum absolute atomic E-state index is 12.7. The number of carbonyl (C=O) groups is 2. The molecule has 0 aliphatic rings. The van der Waals surface area contributed by atoms with E-state index in [0.717, 1.165) is 57.8 Å². The lowest BCUT2D eigenvalue weighted by Gasteiger charge is -2.24. The molecular weight excluding hydrogens is 814 g/mol. The molecule has 0 aromatic rings. The molecule has 3 atom stereocenters. The van der Waals surface area contributed by atoms with Crippen LogP contribution in [0.5, 0.6) is 0 Å². The number of likely N-dealkylation sites (N-methyl/N-ethyl adjacent to an activating group) is 1.